The molecule has 0 radical (unpaired) electrons. The molecule has 0 spiro atoms. The monoisotopic (exact) mass is 404 g/mol. The van der Waals surface area contributed by atoms with E-state index < -0.39 is 21.9 Å². The summed E-state index contributed by atoms with van der Waals surface area (Å²) in [5.41, 5.74) is 1.48. The van der Waals surface area contributed by atoms with Gasteiger partial charge in [0.05, 0.1) is 17.6 Å². The molecule has 0 bridgehead atoms. The molecule has 0 atom stereocenters. The maximum absolute atomic E-state index is 12.8. The van der Waals surface area contributed by atoms with Crippen molar-refractivity contribution in [2.75, 3.05) is 25.5 Å². The molecule has 0 heterocycles. The van der Waals surface area contributed by atoms with Crippen LogP contribution in [0.3, 0.4) is 0 Å². The molecule has 2 aromatic rings. The van der Waals surface area contributed by atoms with E-state index in [4.69, 9.17) is 0 Å². The maximum atomic E-state index is 12.8. The Morgan fingerprint density at radius 2 is 1.71 bits per heavy atom. The average Bonchev–Trinajstić information content (AvgIpc) is 2.68. The van der Waals surface area contributed by atoms with Crippen molar-refractivity contribution in [2.45, 2.75) is 25.7 Å². The number of methoxy groups -OCH3 is 1. The molecule has 28 heavy (non-hydrogen) atoms. The van der Waals surface area contributed by atoms with E-state index >= 15 is 0 Å². The molecule has 8 heteroatoms. The van der Waals surface area contributed by atoms with E-state index in [-0.39, 0.29) is 10.5 Å². The van der Waals surface area contributed by atoms with E-state index in [1.807, 2.05) is 0 Å². The van der Waals surface area contributed by atoms with Crippen LogP contribution >= 0.6 is 0 Å². The highest BCUT2D eigenvalue weighted by atomic mass is 32.2. The van der Waals surface area contributed by atoms with Gasteiger partial charge in [-0.05, 0) is 42.8 Å². The second-order valence-electron chi connectivity index (χ2n) is 6.10. The van der Waals surface area contributed by atoms with Crippen LogP contribution in [0.25, 0.3) is 0 Å². The molecular weight excluding hydrogens is 380 g/mol. The van der Waals surface area contributed by atoms with Crippen LogP contribution in [0.15, 0.2) is 47.4 Å². The van der Waals surface area contributed by atoms with Crippen LogP contribution in [0.1, 0.15) is 40.1 Å². The summed E-state index contributed by atoms with van der Waals surface area (Å²) in [6.45, 7) is 5.91. The van der Waals surface area contributed by atoms with Crippen molar-refractivity contribution in [3.63, 3.8) is 0 Å². The van der Waals surface area contributed by atoms with E-state index in [1.54, 1.807) is 51.1 Å². The Labute approximate surface area is 165 Å². The third-order valence-corrected chi connectivity index (χ3v) is 6.51. The zero-order valence-electron chi connectivity index (χ0n) is 16.4. The minimum Gasteiger partial charge on any atom is -0.465 e. The number of aryl methyl sites for hydroxylation is 1. The van der Waals surface area contributed by atoms with Gasteiger partial charge < -0.3 is 10.1 Å². The number of carbonyl (C=O) groups excluding carboxylic acids is 2. The van der Waals surface area contributed by atoms with Crippen LogP contribution < -0.4 is 5.32 Å². The first-order chi connectivity index (χ1) is 13.2. The van der Waals surface area contributed by atoms with E-state index in [2.05, 4.69) is 10.1 Å². The molecular formula is C20H24N2O5S. The van der Waals surface area contributed by atoms with Crippen molar-refractivity contribution >= 4 is 27.6 Å². The van der Waals surface area contributed by atoms with Gasteiger partial charge in [-0.15, -0.1) is 0 Å². The summed E-state index contributed by atoms with van der Waals surface area (Å²) in [5.74, 6) is -0.989. The lowest BCUT2D eigenvalue weighted by Gasteiger charge is -2.20. The van der Waals surface area contributed by atoms with Gasteiger partial charge >= 0.3 is 5.97 Å². The van der Waals surface area contributed by atoms with E-state index in [9.17, 15) is 18.0 Å². The lowest BCUT2D eigenvalue weighted by Crippen LogP contribution is -2.31. The van der Waals surface area contributed by atoms with Crippen LogP contribution in [-0.2, 0) is 14.8 Å². The Morgan fingerprint density at radius 3 is 2.32 bits per heavy atom. The molecule has 0 aromatic heterocycles. The van der Waals surface area contributed by atoms with Crippen LogP contribution in [0, 0.1) is 6.92 Å². The molecule has 0 fully saturated rings. The van der Waals surface area contributed by atoms with Gasteiger partial charge in [-0.25, -0.2) is 13.2 Å². The summed E-state index contributed by atoms with van der Waals surface area (Å²) in [5, 5.41) is 2.68. The van der Waals surface area contributed by atoms with Crippen molar-refractivity contribution in [3.8, 4) is 0 Å². The van der Waals surface area contributed by atoms with E-state index in [1.165, 1.54) is 23.5 Å². The molecule has 7 nitrogen and oxygen atoms in total. The van der Waals surface area contributed by atoms with Crippen molar-refractivity contribution in [1.82, 2.24) is 4.31 Å². The normalized spacial score (nSPS) is 11.3. The Balaban J connectivity index is 2.34. The number of hydrogen-bond acceptors (Lipinski definition) is 5. The van der Waals surface area contributed by atoms with Gasteiger partial charge in [-0.2, -0.15) is 4.31 Å². The topological polar surface area (TPSA) is 92.8 Å². The molecule has 2 aromatic carbocycles. The summed E-state index contributed by atoms with van der Waals surface area (Å²) < 4.78 is 31.7. The van der Waals surface area contributed by atoms with Gasteiger partial charge in [-0.3, -0.25) is 4.79 Å². The van der Waals surface area contributed by atoms with Crippen molar-refractivity contribution in [3.05, 3.63) is 59.2 Å². The highest BCUT2D eigenvalue weighted by molar-refractivity contribution is 7.89. The number of rotatable bonds is 7. The Bertz CT molecular complexity index is 982. The predicted molar refractivity (Wildman–Crippen MR) is 107 cm³/mol. The molecule has 0 unspecified atom stereocenters. The standard InChI is InChI=1S/C20H24N2O5S/c1-5-22(6-2)28(25,26)18-13-15(11-10-14(18)3)19(23)21-17-9-7-8-16(12-17)20(24)27-4/h7-13H,5-6H2,1-4H3,(H,21,23). The third kappa shape index (κ3) is 4.58. The van der Waals surface area contributed by atoms with Gasteiger partial charge in [-0.1, -0.05) is 26.0 Å². The zero-order chi connectivity index (χ0) is 20.9. The minimum atomic E-state index is -3.69. The van der Waals surface area contributed by atoms with Crippen LogP contribution in [0.5, 0.6) is 0 Å². The Morgan fingerprint density at radius 1 is 1.04 bits per heavy atom. The summed E-state index contributed by atoms with van der Waals surface area (Å²) in [6.07, 6.45) is 0. The van der Waals surface area contributed by atoms with Crippen molar-refractivity contribution in [2.24, 2.45) is 0 Å². The Hall–Kier alpha value is -2.71. The predicted octanol–water partition coefficient (Wildman–Crippen LogP) is 3.06. The van der Waals surface area contributed by atoms with E-state index in [0.29, 0.717) is 29.9 Å². The third-order valence-electron chi connectivity index (χ3n) is 4.32. The molecule has 0 saturated heterocycles. The molecule has 0 aliphatic rings. The van der Waals surface area contributed by atoms with Crippen molar-refractivity contribution in [1.29, 1.82) is 0 Å². The first-order valence-electron chi connectivity index (χ1n) is 8.85. The zero-order valence-corrected chi connectivity index (χ0v) is 17.2. The maximum Gasteiger partial charge on any atom is 0.337 e. The number of benzene rings is 2. The number of nitrogens with zero attached hydrogens (tertiary/aromatic N) is 1. The molecule has 1 amide bonds. The quantitative estimate of drug-likeness (QED) is 0.716. The molecule has 1 N–H and O–H groups in total. The highest BCUT2D eigenvalue weighted by Crippen LogP contribution is 2.22. The average molecular weight is 404 g/mol. The number of anilines is 1. The largest absolute Gasteiger partial charge is 0.465 e. The summed E-state index contributed by atoms with van der Waals surface area (Å²) >= 11 is 0. The van der Waals surface area contributed by atoms with Gasteiger partial charge in [0.25, 0.3) is 5.91 Å². The smallest absolute Gasteiger partial charge is 0.337 e. The molecule has 0 saturated carbocycles. The number of sulfonamides is 1. The summed E-state index contributed by atoms with van der Waals surface area (Å²) in [4.78, 5) is 24.4. The van der Waals surface area contributed by atoms with Gasteiger partial charge in [0.2, 0.25) is 10.0 Å². The number of nitrogens with one attached hydrogen (secondary N) is 1. The number of hydrogen-bond donors (Lipinski definition) is 1. The summed E-state index contributed by atoms with van der Waals surface area (Å²) in [7, 11) is -2.41. The van der Waals surface area contributed by atoms with Crippen molar-refractivity contribution < 1.29 is 22.7 Å². The highest BCUT2D eigenvalue weighted by Gasteiger charge is 2.24. The Kier molecular flexibility index (Phi) is 6.93. The van der Waals surface area contributed by atoms with Crippen LogP contribution in [0.2, 0.25) is 0 Å². The summed E-state index contributed by atoms with van der Waals surface area (Å²) in [6, 6.07) is 10.9. The fourth-order valence-electron chi connectivity index (χ4n) is 2.77. The molecule has 0 aliphatic heterocycles. The minimum absolute atomic E-state index is 0.104. The SMILES string of the molecule is CCN(CC)S(=O)(=O)c1cc(C(=O)Nc2cccc(C(=O)OC)c2)ccc1C. The molecule has 0 aliphatic carbocycles. The number of amides is 1. The second-order valence-corrected chi connectivity index (χ2v) is 8.00. The fourth-order valence-corrected chi connectivity index (χ4v) is 4.48. The van der Waals surface area contributed by atoms with Crippen LogP contribution in [-0.4, -0.2) is 44.8 Å². The lowest BCUT2D eigenvalue weighted by molar-refractivity contribution is 0.0600. The number of carbonyl (C=O) groups is 2. The van der Waals surface area contributed by atoms with Gasteiger partial charge in [0, 0.05) is 24.3 Å². The lowest BCUT2D eigenvalue weighted by atomic mass is 10.1. The fraction of sp³-hybridized carbons (Fsp3) is 0.300. The second kappa shape index (κ2) is 8.99. The first kappa shape index (κ1) is 21.6. The number of esters is 1. The molecule has 150 valence electrons. The number of ether oxygens (including phenoxy) is 1. The van der Waals surface area contributed by atoms with Gasteiger partial charge in [0.15, 0.2) is 0 Å². The van der Waals surface area contributed by atoms with Crippen LogP contribution in [0.4, 0.5) is 5.69 Å². The molecule has 2 rings (SSSR count). The van der Waals surface area contributed by atoms with Gasteiger partial charge in [0.1, 0.15) is 0 Å². The van der Waals surface area contributed by atoms with E-state index in [0.717, 1.165) is 0 Å². The first-order valence-corrected chi connectivity index (χ1v) is 10.3.